The smallest absolute Gasteiger partial charge is 0.278 e. The summed E-state index contributed by atoms with van der Waals surface area (Å²) < 4.78 is 0. The molecule has 4 rings (SSSR count). The van der Waals surface area contributed by atoms with Crippen LogP contribution in [-0.4, -0.2) is 29.0 Å². The van der Waals surface area contributed by atoms with Crippen molar-refractivity contribution < 1.29 is 4.79 Å². The third-order valence-electron chi connectivity index (χ3n) is 4.54. The Hall–Kier alpha value is -2.66. The van der Waals surface area contributed by atoms with Crippen LogP contribution < -0.4 is 10.2 Å². The molecule has 2 aromatic carbocycles. The van der Waals surface area contributed by atoms with E-state index in [0.29, 0.717) is 27.7 Å². The minimum atomic E-state index is -0.295. The van der Waals surface area contributed by atoms with Crippen molar-refractivity contribution in [2.45, 2.75) is 19.3 Å². The number of hydrogen-bond donors (Lipinski definition) is 1. The van der Waals surface area contributed by atoms with E-state index in [4.69, 9.17) is 16.6 Å². The van der Waals surface area contributed by atoms with Gasteiger partial charge in [0.25, 0.3) is 5.91 Å². The van der Waals surface area contributed by atoms with Gasteiger partial charge in [0.1, 0.15) is 0 Å². The molecule has 0 unspecified atom stereocenters. The maximum Gasteiger partial charge on any atom is 0.278 e. The molecule has 1 saturated heterocycles. The zero-order valence-electron chi connectivity index (χ0n) is 14.3. The fourth-order valence-corrected chi connectivity index (χ4v) is 3.40. The molecular weight excluding hydrogens is 348 g/mol. The highest BCUT2D eigenvalue weighted by Crippen LogP contribution is 2.26. The number of para-hydroxylation sites is 3. The van der Waals surface area contributed by atoms with Gasteiger partial charge in [-0.25, -0.2) is 9.97 Å². The van der Waals surface area contributed by atoms with E-state index in [0.717, 1.165) is 31.4 Å². The monoisotopic (exact) mass is 366 g/mol. The molecular formula is C20H19ClN4O. The predicted molar refractivity (Wildman–Crippen MR) is 105 cm³/mol. The number of carbonyl (C=O) groups excluding carboxylic acids is 1. The number of nitrogens with zero attached hydrogens (tertiary/aromatic N) is 3. The summed E-state index contributed by atoms with van der Waals surface area (Å²) in [5.41, 5.74) is 2.41. The first-order valence-electron chi connectivity index (χ1n) is 8.80. The number of piperidine rings is 1. The lowest BCUT2D eigenvalue weighted by Gasteiger charge is -2.29. The predicted octanol–water partition coefficient (Wildman–Crippen LogP) is 4.53. The Morgan fingerprint density at radius 1 is 0.923 bits per heavy atom. The Bertz CT molecular complexity index is 953. The summed E-state index contributed by atoms with van der Waals surface area (Å²) in [6.45, 7) is 1.78. The number of hydrogen-bond acceptors (Lipinski definition) is 4. The number of aromatic nitrogens is 2. The maximum atomic E-state index is 13.0. The summed E-state index contributed by atoms with van der Waals surface area (Å²) in [5.74, 6) is 0.352. The van der Waals surface area contributed by atoms with Crippen LogP contribution in [0.15, 0.2) is 48.5 Å². The molecule has 6 heteroatoms. The Labute approximate surface area is 157 Å². The Balaban J connectivity index is 1.76. The topological polar surface area (TPSA) is 58.1 Å². The third kappa shape index (κ3) is 3.35. The molecule has 1 aliphatic heterocycles. The summed E-state index contributed by atoms with van der Waals surface area (Å²) in [6, 6.07) is 14.8. The lowest BCUT2D eigenvalue weighted by molar-refractivity contribution is 0.102. The van der Waals surface area contributed by atoms with Gasteiger partial charge >= 0.3 is 0 Å². The van der Waals surface area contributed by atoms with Crippen molar-refractivity contribution in [3.63, 3.8) is 0 Å². The third-order valence-corrected chi connectivity index (χ3v) is 4.87. The van der Waals surface area contributed by atoms with E-state index in [1.54, 1.807) is 12.1 Å². The van der Waals surface area contributed by atoms with E-state index in [9.17, 15) is 4.79 Å². The van der Waals surface area contributed by atoms with Crippen LogP contribution in [-0.2, 0) is 0 Å². The van der Waals surface area contributed by atoms with E-state index in [1.807, 2.05) is 36.4 Å². The van der Waals surface area contributed by atoms with Gasteiger partial charge in [-0.3, -0.25) is 4.79 Å². The van der Waals surface area contributed by atoms with Crippen molar-refractivity contribution in [1.29, 1.82) is 0 Å². The van der Waals surface area contributed by atoms with Crippen molar-refractivity contribution >= 4 is 40.0 Å². The maximum absolute atomic E-state index is 13.0. The molecule has 1 N–H and O–H groups in total. The summed E-state index contributed by atoms with van der Waals surface area (Å²) in [4.78, 5) is 24.5. The van der Waals surface area contributed by atoms with Gasteiger partial charge in [0, 0.05) is 13.1 Å². The number of amides is 1. The van der Waals surface area contributed by atoms with Gasteiger partial charge in [-0.2, -0.15) is 0 Å². The van der Waals surface area contributed by atoms with Crippen LogP contribution >= 0.6 is 11.6 Å². The minimum Gasteiger partial charge on any atom is -0.355 e. The molecule has 1 aliphatic rings. The fraction of sp³-hybridized carbons (Fsp3) is 0.250. The molecule has 132 valence electrons. The van der Waals surface area contributed by atoms with E-state index in [2.05, 4.69) is 15.2 Å². The first-order chi connectivity index (χ1) is 12.7. The average molecular weight is 367 g/mol. The standard InChI is InChI=1S/C20H19ClN4O/c21-14-8-2-3-9-15(14)24-20(26)18-19(25-12-6-1-7-13-25)23-17-11-5-4-10-16(17)22-18/h2-5,8-11H,1,6-7,12-13H2,(H,24,26). The summed E-state index contributed by atoms with van der Waals surface area (Å²) >= 11 is 6.18. The molecule has 0 aliphatic carbocycles. The van der Waals surface area contributed by atoms with Crippen molar-refractivity contribution in [3.05, 3.63) is 59.2 Å². The molecule has 2 heterocycles. The molecule has 0 spiro atoms. The number of nitrogens with one attached hydrogen (secondary N) is 1. The van der Waals surface area contributed by atoms with Gasteiger partial charge in [0.15, 0.2) is 11.5 Å². The molecule has 26 heavy (non-hydrogen) atoms. The van der Waals surface area contributed by atoms with E-state index < -0.39 is 0 Å². The largest absolute Gasteiger partial charge is 0.355 e. The molecule has 5 nitrogen and oxygen atoms in total. The van der Waals surface area contributed by atoms with Gasteiger partial charge in [-0.15, -0.1) is 0 Å². The van der Waals surface area contributed by atoms with Crippen LogP contribution in [0.1, 0.15) is 29.8 Å². The van der Waals surface area contributed by atoms with Gasteiger partial charge in [-0.1, -0.05) is 35.9 Å². The van der Waals surface area contributed by atoms with Crippen LogP contribution in [0.25, 0.3) is 11.0 Å². The van der Waals surface area contributed by atoms with Crippen LogP contribution in [0.3, 0.4) is 0 Å². The molecule has 1 aromatic heterocycles. The molecule has 1 fully saturated rings. The average Bonchev–Trinajstić information content (AvgIpc) is 2.69. The van der Waals surface area contributed by atoms with Crippen LogP contribution in [0, 0.1) is 0 Å². The Kier molecular flexibility index (Phi) is 4.71. The zero-order valence-corrected chi connectivity index (χ0v) is 15.0. The second-order valence-electron chi connectivity index (χ2n) is 6.37. The summed E-state index contributed by atoms with van der Waals surface area (Å²) in [6.07, 6.45) is 3.40. The zero-order chi connectivity index (χ0) is 17.9. The van der Waals surface area contributed by atoms with Crippen molar-refractivity contribution in [2.75, 3.05) is 23.3 Å². The number of benzene rings is 2. The normalized spacial score (nSPS) is 14.4. The number of fused-ring (bicyclic) bond motifs is 1. The summed E-state index contributed by atoms with van der Waals surface area (Å²) in [5, 5.41) is 3.37. The molecule has 0 radical (unpaired) electrons. The fourth-order valence-electron chi connectivity index (χ4n) is 3.21. The Morgan fingerprint density at radius 2 is 1.58 bits per heavy atom. The second kappa shape index (κ2) is 7.30. The highest BCUT2D eigenvalue weighted by Gasteiger charge is 2.23. The molecule has 3 aromatic rings. The highest BCUT2D eigenvalue weighted by molar-refractivity contribution is 6.34. The van der Waals surface area contributed by atoms with Crippen molar-refractivity contribution in [3.8, 4) is 0 Å². The number of carbonyl (C=O) groups is 1. The number of rotatable bonds is 3. The van der Waals surface area contributed by atoms with Gasteiger partial charge in [0.05, 0.1) is 21.7 Å². The van der Waals surface area contributed by atoms with E-state index in [-0.39, 0.29) is 5.91 Å². The highest BCUT2D eigenvalue weighted by atomic mass is 35.5. The van der Waals surface area contributed by atoms with Gasteiger partial charge < -0.3 is 10.2 Å². The number of anilines is 2. The van der Waals surface area contributed by atoms with Crippen LogP contribution in [0.2, 0.25) is 5.02 Å². The van der Waals surface area contributed by atoms with Gasteiger partial charge in [0.2, 0.25) is 0 Å². The minimum absolute atomic E-state index is 0.295. The first kappa shape index (κ1) is 16.8. The molecule has 0 atom stereocenters. The second-order valence-corrected chi connectivity index (χ2v) is 6.77. The Morgan fingerprint density at radius 3 is 2.31 bits per heavy atom. The van der Waals surface area contributed by atoms with E-state index >= 15 is 0 Å². The SMILES string of the molecule is O=C(Nc1ccccc1Cl)c1nc2ccccc2nc1N1CCCCC1. The molecule has 0 saturated carbocycles. The lowest BCUT2D eigenvalue weighted by atomic mass is 10.1. The van der Waals surface area contributed by atoms with Crippen LogP contribution in [0.4, 0.5) is 11.5 Å². The molecule has 1 amide bonds. The quantitative estimate of drug-likeness (QED) is 0.740. The lowest BCUT2D eigenvalue weighted by Crippen LogP contribution is -2.33. The van der Waals surface area contributed by atoms with Crippen molar-refractivity contribution in [2.24, 2.45) is 0 Å². The number of halogens is 1. The van der Waals surface area contributed by atoms with Crippen LogP contribution in [0.5, 0.6) is 0 Å². The first-order valence-corrected chi connectivity index (χ1v) is 9.18. The van der Waals surface area contributed by atoms with Crippen molar-refractivity contribution in [1.82, 2.24) is 9.97 Å². The molecule has 0 bridgehead atoms. The summed E-state index contributed by atoms with van der Waals surface area (Å²) in [7, 11) is 0. The van der Waals surface area contributed by atoms with E-state index in [1.165, 1.54) is 6.42 Å². The van der Waals surface area contributed by atoms with Gasteiger partial charge in [-0.05, 0) is 43.5 Å².